The van der Waals surface area contributed by atoms with Crippen molar-refractivity contribution in [2.45, 2.75) is 247 Å². The molecule has 3 heterocycles. The van der Waals surface area contributed by atoms with Crippen LogP contribution in [0, 0.1) is 0 Å². The highest BCUT2D eigenvalue weighted by atomic mass is 16.8. The van der Waals surface area contributed by atoms with Gasteiger partial charge in [-0.15, -0.1) is 0 Å². The second-order valence-corrected chi connectivity index (χ2v) is 17.6. The van der Waals surface area contributed by atoms with E-state index in [0.29, 0.717) is 12.8 Å². The fourth-order valence-corrected chi connectivity index (χ4v) is 8.37. The largest absolute Gasteiger partial charge is 0.394 e. The Kier molecular flexibility index (Phi) is 27.6. The SMILES string of the molecule is CCCCCCCCCCCCCCC(=O)NC(COC1OC(CO)C(OC2OC(CO)C(OC3OC(CO)C(O)C(O)C3O)C(O)C2O)C(O)C1O)C(O)CCCCCCCC. The summed E-state index contributed by atoms with van der Waals surface area (Å²) in [6.07, 6.45) is -5.84. The first-order chi connectivity index (χ1) is 30.3. The fourth-order valence-electron chi connectivity index (χ4n) is 8.37. The van der Waals surface area contributed by atoms with Crippen LogP contribution < -0.4 is 5.32 Å². The molecule has 19 heteroatoms. The Balaban J connectivity index is 1.56. The highest BCUT2D eigenvalue weighted by Crippen LogP contribution is 2.33. The number of aliphatic hydroxyl groups excluding tert-OH is 11. The van der Waals surface area contributed by atoms with E-state index in [-0.39, 0.29) is 18.9 Å². The molecule has 0 bridgehead atoms. The van der Waals surface area contributed by atoms with Gasteiger partial charge in [-0.3, -0.25) is 4.79 Å². The maximum absolute atomic E-state index is 13.1. The van der Waals surface area contributed by atoms with Crippen molar-refractivity contribution in [1.82, 2.24) is 5.32 Å². The Hall–Kier alpha value is -1.21. The minimum Gasteiger partial charge on any atom is -0.394 e. The number of carbonyl (C=O) groups is 1. The molecule has 0 aromatic carbocycles. The number of carbonyl (C=O) groups excluding carboxylic acids is 1. The number of hydrogen-bond acceptors (Lipinski definition) is 18. The van der Waals surface area contributed by atoms with Gasteiger partial charge >= 0.3 is 0 Å². The van der Waals surface area contributed by atoms with Crippen LogP contribution in [0.2, 0.25) is 0 Å². The second-order valence-electron chi connectivity index (χ2n) is 17.6. The number of nitrogens with one attached hydrogen (secondary N) is 1. The van der Waals surface area contributed by atoms with E-state index in [1.54, 1.807) is 0 Å². The Morgan fingerprint density at radius 1 is 0.508 bits per heavy atom. The van der Waals surface area contributed by atoms with E-state index < -0.39 is 124 Å². The third-order valence-electron chi connectivity index (χ3n) is 12.4. The average molecular weight is 914 g/mol. The monoisotopic (exact) mass is 914 g/mol. The number of unbranched alkanes of at least 4 members (excludes halogenated alkanes) is 16. The molecule has 3 fully saturated rings. The van der Waals surface area contributed by atoms with Crippen molar-refractivity contribution in [3.8, 4) is 0 Å². The van der Waals surface area contributed by atoms with Crippen molar-refractivity contribution in [3.63, 3.8) is 0 Å². The normalized spacial score (nSPS) is 34.8. The second kappa shape index (κ2) is 31.0. The first kappa shape index (κ1) is 56.1. The van der Waals surface area contributed by atoms with Gasteiger partial charge in [-0.1, -0.05) is 123 Å². The van der Waals surface area contributed by atoms with Gasteiger partial charge in [0.1, 0.15) is 73.2 Å². The molecule has 0 saturated carbocycles. The number of rotatable bonds is 32. The zero-order chi connectivity index (χ0) is 46.3. The van der Waals surface area contributed by atoms with Gasteiger partial charge < -0.3 is 89.9 Å². The van der Waals surface area contributed by atoms with E-state index in [1.165, 1.54) is 51.4 Å². The highest BCUT2D eigenvalue weighted by Gasteiger charge is 2.53. The van der Waals surface area contributed by atoms with Gasteiger partial charge in [-0.25, -0.2) is 0 Å². The summed E-state index contributed by atoms with van der Waals surface area (Å²) >= 11 is 0. The number of amides is 1. The van der Waals surface area contributed by atoms with Crippen molar-refractivity contribution in [2.75, 3.05) is 26.4 Å². The molecule has 372 valence electrons. The number of ether oxygens (including phenoxy) is 6. The summed E-state index contributed by atoms with van der Waals surface area (Å²) in [4.78, 5) is 13.1. The molecule has 3 saturated heterocycles. The Bertz CT molecular complexity index is 1190. The summed E-state index contributed by atoms with van der Waals surface area (Å²) in [7, 11) is 0. The van der Waals surface area contributed by atoms with Gasteiger partial charge in [0, 0.05) is 6.42 Å². The molecule has 3 aliphatic heterocycles. The molecule has 17 unspecified atom stereocenters. The summed E-state index contributed by atoms with van der Waals surface area (Å²) in [5, 5.41) is 119. The molecule has 19 nitrogen and oxygen atoms in total. The Morgan fingerprint density at radius 2 is 0.905 bits per heavy atom. The summed E-state index contributed by atoms with van der Waals surface area (Å²) in [5.74, 6) is -0.250. The van der Waals surface area contributed by atoms with Gasteiger partial charge in [0.25, 0.3) is 0 Å². The van der Waals surface area contributed by atoms with Crippen LogP contribution in [-0.4, -0.2) is 193 Å². The van der Waals surface area contributed by atoms with Gasteiger partial charge in [0.05, 0.1) is 38.6 Å². The van der Waals surface area contributed by atoms with Crippen molar-refractivity contribution in [2.24, 2.45) is 0 Å². The number of hydrogen-bond donors (Lipinski definition) is 12. The minimum absolute atomic E-state index is 0.250. The highest BCUT2D eigenvalue weighted by molar-refractivity contribution is 5.76. The van der Waals surface area contributed by atoms with E-state index in [4.69, 9.17) is 28.4 Å². The zero-order valence-corrected chi connectivity index (χ0v) is 37.6. The van der Waals surface area contributed by atoms with E-state index in [9.17, 15) is 61.0 Å². The van der Waals surface area contributed by atoms with Crippen molar-refractivity contribution >= 4 is 5.91 Å². The smallest absolute Gasteiger partial charge is 0.220 e. The maximum atomic E-state index is 13.1. The summed E-state index contributed by atoms with van der Waals surface area (Å²) < 4.78 is 34.0. The molecule has 0 aromatic rings. The van der Waals surface area contributed by atoms with Gasteiger partial charge in [-0.05, 0) is 12.8 Å². The lowest BCUT2D eigenvalue weighted by Crippen LogP contribution is -2.66. The van der Waals surface area contributed by atoms with Crippen LogP contribution in [0.5, 0.6) is 0 Å². The minimum atomic E-state index is -1.97. The molecule has 63 heavy (non-hydrogen) atoms. The van der Waals surface area contributed by atoms with Crippen LogP contribution in [0.25, 0.3) is 0 Å². The molecule has 0 aliphatic carbocycles. The quantitative estimate of drug-likeness (QED) is 0.0400. The van der Waals surface area contributed by atoms with Crippen LogP contribution in [-0.2, 0) is 33.2 Å². The molecule has 3 aliphatic rings. The topological polar surface area (TPSA) is 307 Å². The van der Waals surface area contributed by atoms with Crippen molar-refractivity contribution in [3.05, 3.63) is 0 Å². The first-order valence-corrected chi connectivity index (χ1v) is 23.8. The maximum Gasteiger partial charge on any atom is 0.220 e. The lowest BCUT2D eigenvalue weighted by molar-refractivity contribution is -0.379. The summed E-state index contributed by atoms with van der Waals surface area (Å²) in [5.41, 5.74) is 0. The van der Waals surface area contributed by atoms with Crippen LogP contribution in [0.3, 0.4) is 0 Å². The van der Waals surface area contributed by atoms with E-state index >= 15 is 0 Å². The predicted octanol–water partition coefficient (Wildman–Crippen LogP) is 0.139. The van der Waals surface area contributed by atoms with Crippen LogP contribution in [0.1, 0.15) is 142 Å². The average Bonchev–Trinajstić information content (AvgIpc) is 3.28. The first-order valence-electron chi connectivity index (χ1n) is 23.8. The molecule has 17 atom stereocenters. The summed E-state index contributed by atoms with van der Waals surface area (Å²) in [6, 6.07) is -0.874. The standard InChI is InChI=1S/C44H83NO18/c1-3-5-7-9-11-12-13-14-15-16-18-20-22-32(50)45-27(28(49)21-19-17-10-8-6-4-2)26-58-42-38(56)35(53)40(30(24-47)60-42)63-44-39(57)36(54)41(31(25-48)61-44)62-43-37(55)34(52)33(51)29(23-46)59-43/h27-31,33-44,46-49,51-57H,3-26H2,1-2H3,(H,45,50). The van der Waals surface area contributed by atoms with Crippen LogP contribution in [0.15, 0.2) is 0 Å². The van der Waals surface area contributed by atoms with Gasteiger partial charge in [0.15, 0.2) is 18.9 Å². The Labute approximate surface area is 373 Å². The van der Waals surface area contributed by atoms with E-state index in [0.717, 1.165) is 57.8 Å². The lowest BCUT2D eigenvalue weighted by atomic mass is 9.96. The molecular formula is C44H83NO18. The zero-order valence-electron chi connectivity index (χ0n) is 37.6. The van der Waals surface area contributed by atoms with E-state index in [1.807, 2.05) is 0 Å². The van der Waals surface area contributed by atoms with Crippen LogP contribution in [0.4, 0.5) is 0 Å². The van der Waals surface area contributed by atoms with Gasteiger partial charge in [0.2, 0.25) is 5.91 Å². The fraction of sp³-hybridized carbons (Fsp3) is 0.977. The predicted molar refractivity (Wildman–Crippen MR) is 227 cm³/mol. The third-order valence-corrected chi connectivity index (χ3v) is 12.4. The van der Waals surface area contributed by atoms with E-state index in [2.05, 4.69) is 19.2 Å². The third kappa shape index (κ3) is 18.1. The lowest BCUT2D eigenvalue weighted by Gasteiger charge is -2.48. The van der Waals surface area contributed by atoms with Gasteiger partial charge in [-0.2, -0.15) is 0 Å². The van der Waals surface area contributed by atoms with Crippen molar-refractivity contribution in [1.29, 1.82) is 0 Å². The molecule has 0 radical (unpaired) electrons. The molecular weight excluding hydrogens is 830 g/mol. The molecule has 1 amide bonds. The molecule has 12 N–H and O–H groups in total. The molecule has 0 aromatic heterocycles. The van der Waals surface area contributed by atoms with Crippen LogP contribution >= 0.6 is 0 Å². The summed E-state index contributed by atoms with van der Waals surface area (Å²) in [6.45, 7) is 1.66. The molecule has 3 rings (SSSR count). The van der Waals surface area contributed by atoms with Crippen molar-refractivity contribution < 1.29 is 89.4 Å². The molecule has 0 spiro atoms. The Morgan fingerprint density at radius 3 is 1.38 bits per heavy atom. The number of aliphatic hydroxyl groups is 11.